The molecule has 19 heavy (non-hydrogen) atoms. The van der Waals surface area contributed by atoms with Gasteiger partial charge < -0.3 is 4.74 Å². The minimum atomic E-state index is 0.498. The van der Waals surface area contributed by atoms with Crippen molar-refractivity contribution in [2.75, 3.05) is 6.61 Å². The topological polar surface area (TPSA) is 35.0 Å². The molecule has 0 bridgehead atoms. The summed E-state index contributed by atoms with van der Waals surface area (Å²) in [6.45, 7) is 0.697. The molecule has 1 aliphatic heterocycles. The van der Waals surface area contributed by atoms with E-state index in [0.29, 0.717) is 23.5 Å². The molecule has 0 aliphatic carbocycles. The number of rotatable bonds is 2. The summed E-state index contributed by atoms with van der Waals surface area (Å²) >= 11 is 6.16. The molecule has 1 aliphatic rings. The first kappa shape index (κ1) is 12.2. The molecule has 0 atom stereocenters. The van der Waals surface area contributed by atoms with E-state index >= 15 is 0 Å². The van der Waals surface area contributed by atoms with Crippen molar-refractivity contribution >= 4 is 23.8 Å². The van der Waals surface area contributed by atoms with Crippen molar-refractivity contribution in [3.8, 4) is 5.88 Å². The highest BCUT2D eigenvalue weighted by Gasteiger charge is 2.17. The molecule has 0 fully saturated rings. The minimum absolute atomic E-state index is 0.498. The van der Waals surface area contributed by atoms with Crippen LogP contribution in [0.25, 0.3) is 12.2 Å². The number of hydrogen-bond acceptors (Lipinski definition) is 3. The van der Waals surface area contributed by atoms with Gasteiger partial charge >= 0.3 is 0 Å². The molecule has 0 N–H and O–H groups in total. The van der Waals surface area contributed by atoms with Crippen LogP contribution < -0.4 is 4.74 Å². The molecule has 0 saturated heterocycles. The predicted molar refractivity (Wildman–Crippen MR) is 76.2 cm³/mol. The predicted octanol–water partition coefficient (Wildman–Crippen LogP) is 3.63. The number of fused-ring (bicyclic) bond motifs is 1. The van der Waals surface area contributed by atoms with Gasteiger partial charge in [0.25, 0.3) is 0 Å². The highest BCUT2D eigenvalue weighted by molar-refractivity contribution is 6.30. The second-order valence-corrected chi connectivity index (χ2v) is 4.71. The van der Waals surface area contributed by atoms with Crippen molar-refractivity contribution in [1.82, 2.24) is 9.97 Å². The molecule has 0 amide bonds. The lowest BCUT2D eigenvalue weighted by atomic mass is 10.1. The number of halogens is 1. The standard InChI is InChI=1S/C15H13ClN2O/c16-14-12-7-4-10-19-15(12)18-13(17-14)9-8-11-5-2-1-3-6-11/h1-3,5-6,8-9H,4,7,10H2. The molecule has 1 aromatic carbocycles. The highest BCUT2D eigenvalue weighted by atomic mass is 35.5. The molecule has 4 heteroatoms. The van der Waals surface area contributed by atoms with Crippen molar-refractivity contribution in [2.45, 2.75) is 12.8 Å². The van der Waals surface area contributed by atoms with E-state index in [1.165, 1.54) is 0 Å². The van der Waals surface area contributed by atoms with E-state index in [4.69, 9.17) is 16.3 Å². The van der Waals surface area contributed by atoms with Crippen LogP contribution in [0.15, 0.2) is 30.3 Å². The van der Waals surface area contributed by atoms with Crippen LogP contribution in [0, 0.1) is 0 Å². The van der Waals surface area contributed by atoms with E-state index in [0.717, 1.165) is 24.0 Å². The van der Waals surface area contributed by atoms with Crippen molar-refractivity contribution in [3.63, 3.8) is 0 Å². The quantitative estimate of drug-likeness (QED) is 0.783. The Morgan fingerprint density at radius 1 is 1.11 bits per heavy atom. The Balaban J connectivity index is 1.90. The van der Waals surface area contributed by atoms with E-state index in [2.05, 4.69) is 9.97 Å². The molecule has 0 saturated carbocycles. The molecule has 0 radical (unpaired) electrons. The molecule has 96 valence electrons. The zero-order valence-electron chi connectivity index (χ0n) is 10.3. The van der Waals surface area contributed by atoms with Crippen molar-refractivity contribution < 1.29 is 4.74 Å². The lowest BCUT2D eigenvalue weighted by molar-refractivity contribution is 0.275. The lowest BCUT2D eigenvalue weighted by Crippen LogP contribution is -2.12. The molecule has 2 aromatic rings. The van der Waals surface area contributed by atoms with Gasteiger partial charge in [0.05, 0.1) is 12.2 Å². The molecule has 2 heterocycles. The lowest BCUT2D eigenvalue weighted by Gasteiger charge is -2.16. The fourth-order valence-electron chi connectivity index (χ4n) is 2.01. The molecule has 3 nitrogen and oxygen atoms in total. The molecule has 3 rings (SSSR count). The Kier molecular flexibility index (Phi) is 3.47. The number of nitrogens with zero attached hydrogens (tertiary/aromatic N) is 2. The van der Waals surface area contributed by atoms with Gasteiger partial charge in [-0.15, -0.1) is 0 Å². The summed E-state index contributed by atoms with van der Waals surface area (Å²) in [5.41, 5.74) is 2.02. The van der Waals surface area contributed by atoms with Gasteiger partial charge in [-0.2, -0.15) is 4.98 Å². The highest BCUT2D eigenvalue weighted by Crippen LogP contribution is 2.28. The van der Waals surface area contributed by atoms with Crippen LogP contribution >= 0.6 is 11.6 Å². The summed E-state index contributed by atoms with van der Waals surface area (Å²) in [6.07, 6.45) is 5.66. The normalized spacial score (nSPS) is 14.2. The first-order valence-corrected chi connectivity index (χ1v) is 6.63. The van der Waals surface area contributed by atoms with Crippen molar-refractivity contribution in [1.29, 1.82) is 0 Å². The summed E-state index contributed by atoms with van der Waals surface area (Å²) in [5, 5.41) is 0.498. The SMILES string of the molecule is Clc1nc(C=Cc2ccccc2)nc2c1CCCO2. The molecular weight excluding hydrogens is 260 g/mol. The first-order valence-electron chi connectivity index (χ1n) is 6.25. The minimum Gasteiger partial charge on any atom is -0.477 e. The first-order chi connectivity index (χ1) is 9.33. The third-order valence-electron chi connectivity index (χ3n) is 2.97. The van der Waals surface area contributed by atoms with Crippen LogP contribution in [0.1, 0.15) is 23.4 Å². The van der Waals surface area contributed by atoms with Crippen molar-refractivity contribution in [3.05, 3.63) is 52.4 Å². The van der Waals surface area contributed by atoms with E-state index in [1.54, 1.807) is 0 Å². The molecule has 0 unspecified atom stereocenters. The summed E-state index contributed by atoms with van der Waals surface area (Å²) in [6, 6.07) is 10.0. The number of aromatic nitrogens is 2. The number of benzene rings is 1. The van der Waals surface area contributed by atoms with Crippen LogP contribution in [0.3, 0.4) is 0 Å². The largest absolute Gasteiger partial charge is 0.477 e. The van der Waals surface area contributed by atoms with Gasteiger partial charge in [-0.05, 0) is 24.5 Å². The Bertz CT molecular complexity index is 611. The van der Waals surface area contributed by atoms with Gasteiger partial charge in [-0.25, -0.2) is 4.98 Å². The van der Waals surface area contributed by atoms with Crippen LogP contribution in [0.4, 0.5) is 0 Å². The van der Waals surface area contributed by atoms with Crippen LogP contribution in [-0.2, 0) is 6.42 Å². The molecular formula is C15H13ClN2O. The third-order valence-corrected chi connectivity index (χ3v) is 3.28. The average molecular weight is 273 g/mol. The zero-order chi connectivity index (χ0) is 13.1. The third kappa shape index (κ3) is 2.76. The maximum atomic E-state index is 6.16. The smallest absolute Gasteiger partial charge is 0.221 e. The van der Waals surface area contributed by atoms with Crippen LogP contribution in [0.5, 0.6) is 5.88 Å². The van der Waals surface area contributed by atoms with Crippen molar-refractivity contribution in [2.24, 2.45) is 0 Å². The Morgan fingerprint density at radius 2 is 1.95 bits per heavy atom. The van der Waals surface area contributed by atoms with Gasteiger partial charge in [0.1, 0.15) is 5.15 Å². The Morgan fingerprint density at radius 3 is 2.79 bits per heavy atom. The van der Waals surface area contributed by atoms with Gasteiger partial charge in [-0.3, -0.25) is 0 Å². The fraction of sp³-hybridized carbons (Fsp3) is 0.200. The van der Waals surface area contributed by atoms with E-state index in [9.17, 15) is 0 Å². The molecule has 0 spiro atoms. The summed E-state index contributed by atoms with van der Waals surface area (Å²) in [7, 11) is 0. The second kappa shape index (κ2) is 5.41. The van der Waals surface area contributed by atoms with E-state index in [-0.39, 0.29) is 0 Å². The fourth-order valence-corrected chi connectivity index (χ4v) is 2.27. The van der Waals surface area contributed by atoms with E-state index < -0.39 is 0 Å². The maximum Gasteiger partial charge on any atom is 0.221 e. The van der Waals surface area contributed by atoms with Gasteiger partial charge in [0, 0.05) is 0 Å². The summed E-state index contributed by atoms with van der Waals surface area (Å²) < 4.78 is 5.53. The monoisotopic (exact) mass is 272 g/mol. The molecule has 1 aromatic heterocycles. The van der Waals surface area contributed by atoms with E-state index in [1.807, 2.05) is 42.5 Å². The van der Waals surface area contributed by atoms with Gasteiger partial charge in [0.2, 0.25) is 5.88 Å². The van der Waals surface area contributed by atoms with Gasteiger partial charge in [-0.1, -0.05) is 48.0 Å². The zero-order valence-corrected chi connectivity index (χ0v) is 11.1. The van der Waals surface area contributed by atoms with Crippen LogP contribution in [-0.4, -0.2) is 16.6 Å². The second-order valence-electron chi connectivity index (χ2n) is 4.35. The van der Waals surface area contributed by atoms with Crippen LogP contribution in [0.2, 0.25) is 5.15 Å². The van der Waals surface area contributed by atoms with Gasteiger partial charge in [0.15, 0.2) is 5.82 Å². The summed E-state index contributed by atoms with van der Waals surface area (Å²) in [5.74, 6) is 1.20. The number of hydrogen-bond donors (Lipinski definition) is 0. The summed E-state index contributed by atoms with van der Waals surface area (Å²) in [4.78, 5) is 8.67. The number of ether oxygens (including phenoxy) is 1. The Labute approximate surface area is 116 Å². The Hall–Kier alpha value is -1.87. The maximum absolute atomic E-state index is 6.16. The average Bonchev–Trinajstić information content (AvgIpc) is 2.46.